The molecule has 0 spiro atoms. The van der Waals surface area contributed by atoms with E-state index in [9.17, 15) is 13.2 Å². The van der Waals surface area contributed by atoms with Crippen LogP contribution in [0.2, 0.25) is 0 Å². The smallest absolute Gasteiger partial charge is 0.276 e. The Kier molecular flexibility index (Phi) is 4.94. The number of hydrazone groups is 1. The van der Waals surface area contributed by atoms with Crippen molar-refractivity contribution in [1.82, 2.24) is 4.83 Å². The van der Waals surface area contributed by atoms with Crippen LogP contribution in [0, 0.1) is 0 Å². The molecular weight excluding hydrogens is 322 g/mol. The van der Waals surface area contributed by atoms with Crippen molar-refractivity contribution >= 4 is 38.7 Å². The molecule has 0 aliphatic heterocycles. The third-order valence-corrected chi connectivity index (χ3v) is 4.90. The molecule has 0 saturated carbocycles. The van der Waals surface area contributed by atoms with Crippen LogP contribution in [0.3, 0.4) is 0 Å². The minimum atomic E-state index is -3.74. The number of carbonyl (C=O) groups is 1. The molecule has 1 amide bonds. The summed E-state index contributed by atoms with van der Waals surface area (Å²) < 4.78 is 24.3. The first-order chi connectivity index (χ1) is 10.4. The monoisotopic (exact) mass is 337 g/mol. The van der Waals surface area contributed by atoms with Crippen LogP contribution >= 0.6 is 11.3 Å². The molecule has 8 heteroatoms. The molecule has 22 heavy (non-hydrogen) atoms. The summed E-state index contributed by atoms with van der Waals surface area (Å²) in [6, 6.07) is 9.58. The summed E-state index contributed by atoms with van der Waals surface area (Å²) in [5, 5.41) is 8.37. The fourth-order valence-electron chi connectivity index (χ4n) is 1.64. The highest BCUT2D eigenvalue weighted by Crippen LogP contribution is 2.14. The number of nitrogens with zero attached hydrogens (tertiary/aromatic N) is 1. The van der Waals surface area contributed by atoms with E-state index in [2.05, 4.69) is 15.2 Å². The van der Waals surface area contributed by atoms with Crippen LogP contribution < -0.4 is 10.1 Å². The highest BCUT2D eigenvalue weighted by Gasteiger charge is 2.13. The molecule has 2 rings (SSSR count). The zero-order chi connectivity index (χ0) is 16.2. The first kappa shape index (κ1) is 16.2. The molecule has 1 aromatic heterocycles. The van der Waals surface area contributed by atoms with Gasteiger partial charge in [0.15, 0.2) is 0 Å². The highest BCUT2D eigenvalue weighted by molar-refractivity contribution is 7.89. The maximum Gasteiger partial charge on any atom is 0.276 e. The van der Waals surface area contributed by atoms with Crippen molar-refractivity contribution < 1.29 is 13.2 Å². The number of benzene rings is 1. The Morgan fingerprint density at radius 3 is 2.36 bits per heavy atom. The Bertz CT molecular complexity index is 779. The van der Waals surface area contributed by atoms with Crippen molar-refractivity contribution in [2.75, 3.05) is 5.32 Å². The quantitative estimate of drug-likeness (QED) is 0.649. The topological polar surface area (TPSA) is 87.6 Å². The van der Waals surface area contributed by atoms with Crippen molar-refractivity contribution in [2.24, 2.45) is 5.10 Å². The van der Waals surface area contributed by atoms with Crippen LogP contribution in [-0.2, 0) is 14.8 Å². The van der Waals surface area contributed by atoms with Crippen LogP contribution in [0.15, 0.2) is 51.8 Å². The number of anilines is 1. The molecule has 0 radical (unpaired) electrons. The standard InChI is InChI=1S/C14H15N3O3S2/c1-10(14-4-3-9-21-14)16-17-22(19,20)13-7-5-12(6-8-13)15-11(2)18/h3-9,17H,1-2H3,(H,15,18)/b16-10-. The second-order valence-corrected chi connectivity index (χ2v) is 7.08. The molecule has 0 aliphatic carbocycles. The van der Waals surface area contributed by atoms with Crippen molar-refractivity contribution in [1.29, 1.82) is 0 Å². The van der Waals surface area contributed by atoms with Crippen molar-refractivity contribution in [2.45, 2.75) is 18.7 Å². The molecule has 0 aliphatic rings. The Balaban J connectivity index is 2.13. The summed E-state index contributed by atoms with van der Waals surface area (Å²) in [6.07, 6.45) is 0. The van der Waals surface area contributed by atoms with Crippen LogP contribution in [0.4, 0.5) is 5.69 Å². The second-order valence-electron chi connectivity index (χ2n) is 4.47. The number of thiophene rings is 1. The summed E-state index contributed by atoms with van der Waals surface area (Å²) in [6.45, 7) is 3.11. The van der Waals surface area contributed by atoms with Crippen LogP contribution in [-0.4, -0.2) is 20.0 Å². The highest BCUT2D eigenvalue weighted by atomic mass is 32.2. The fraction of sp³-hybridized carbons (Fsp3) is 0.143. The molecule has 0 bridgehead atoms. The summed E-state index contributed by atoms with van der Waals surface area (Å²) >= 11 is 1.48. The Labute approximate surface area is 132 Å². The first-order valence-electron chi connectivity index (χ1n) is 6.36. The Morgan fingerprint density at radius 2 is 1.82 bits per heavy atom. The van der Waals surface area contributed by atoms with E-state index in [-0.39, 0.29) is 10.8 Å². The van der Waals surface area contributed by atoms with Gasteiger partial charge in [0, 0.05) is 12.6 Å². The number of nitrogens with one attached hydrogen (secondary N) is 2. The number of hydrogen-bond acceptors (Lipinski definition) is 5. The zero-order valence-corrected chi connectivity index (χ0v) is 13.7. The van der Waals surface area contributed by atoms with Gasteiger partial charge in [-0.1, -0.05) is 6.07 Å². The molecule has 1 aromatic carbocycles. The number of sulfonamides is 1. The van der Waals surface area contributed by atoms with E-state index in [0.29, 0.717) is 11.4 Å². The predicted molar refractivity (Wildman–Crippen MR) is 87.6 cm³/mol. The van der Waals surface area contributed by atoms with Crippen molar-refractivity contribution in [3.63, 3.8) is 0 Å². The van der Waals surface area contributed by atoms with E-state index in [4.69, 9.17) is 0 Å². The van der Waals surface area contributed by atoms with E-state index in [1.165, 1.54) is 42.5 Å². The Morgan fingerprint density at radius 1 is 1.14 bits per heavy atom. The molecular formula is C14H15N3O3S2. The van der Waals surface area contributed by atoms with Gasteiger partial charge in [-0.25, -0.2) is 0 Å². The average Bonchev–Trinajstić information content (AvgIpc) is 2.99. The lowest BCUT2D eigenvalue weighted by molar-refractivity contribution is -0.114. The third kappa shape index (κ3) is 4.15. The van der Waals surface area contributed by atoms with Gasteiger partial charge < -0.3 is 5.32 Å². The fourth-order valence-corrected chi connectivity index (χ4v) is 3.18. The molecule has 2 aromatic rings. The second kappa shape index (κ2) is 6.71. The largest absolute Gasteiger partial charge is 0.326 e. The normalized spacial score (nSPS) is 12.0. The first-order valence-corrected chi connectivity index (χ1v) is 8.72. The molecule has 0 atom stereocenters. The van der Waals surface area contributed by atoms with E-state index >= 15 is 0 Å². The SMILES string of the molecule is CC(=O)Nc1ccc(S(=O)(=O)N/N=C(/C)c2cccs2)cc1. The van der Waals surface area contributed by atoms with Gasteiger partial charge in [0.1, 0.15) is 0 Å². The predicted octanol–water partition coefficient (Wildman–Crippen LogP) is 2.41. The molecule has 2 N–H and O–H groups in total. The molecule has 0 saturated heterocycles. The van der Waals surface area contributed by atoms with Gasteiger partial charge in [-0.05, 0) is 42.6 Å². The van der Waals surface area contributed by atoms with Gasteiger partial charge in [0.25, 0.3) is 10.0 Å². The van der Waals surface area contributed by atoms with Crippen molar-refractivity contribution in [3.05, 3.63) is 46.7 Å². The number of hydrogen-bond donors (Lipinski definition) is 2. The summed E-state index contributed by atoms with van der Waals surface area (Å²) in [4.78, 5) is 14.1. The van der Waals surface area contributed by atoms with Gasteiger partial charge in [0.2, 0.25) is 5.91 Å². The number of amides is 1. The maximum atomic E-state index is 12.1. The van der Waals surface area contributed by atoms with E-state index in [0.717, 1.165) is 4.88 Å². The number of rotatable bonds is 5. The summed E-state index contributed by atoms with van der Waals surface area (Å²) in [5.41, 5.74) is 1.12. The van der Waals surface area contributed by atoms with Crippen LogP contribution in [0.25, 0.3) is 0 Å². The van der Waals surface area contributed by atoms with Gasteiger partial charge in [0.05, 0.1) is 15.5 Å². The third-order valence-electron chi connectivity index (χ3n) is 2.70. The summed E-state index contributed by atoms with van der Waals surface area (Å²) in [5.74, 6) is -0.218. The average molecular weight is 337 g/mol. The molecule has 0 fully saturated rings. The van der Waals surface area contributed by atoms with E-state index < -0.39 is 10.0 Å². The zero-order valence-electron chi connectivity index (χ0n) is 12.0. The van der Waals surface area contributed by atoms with Gasteiger partial charge >= 0.3 is 0 Å². The van der Waals surface area contributed by atoms with Crippen molar-refractivity contribution in [3.8, 4) is 0 Å². The number of carbonyl (C=O) groups excluding carboxylic acids is 1. The lowest BCUT2D eigenvalue weighted by Gasteiger charge is -2.06. The molecule has 1 heterocycles. The molecule has 6 nitrogen and oxygen atoms in total. The molecule has 116 valence electrons. The summed E-state index contributed by atoms with van der Waals surface area (Å²) in [7, 11) is -3.74. The van der Waals surface area contributed by atoms with Crippen LogP contribution in [0.5, 0.6) is 0 Å². The molecule has 0 unspecified atom stereocenters. The Hall–Kier alpha value is -2.19. The minimum absolute atomic E-state index is 0.0735. The van der Waals surface area contributed by atoms with Gasteiger partial charge in [-0.2, -0.15) is 18.4 Å². The lowest BCUT2D eigenvalue weighted by atomic mass is 10.3. The van der Waals surface area contributed by atoms with Gasteiger partial charge in [-0.15, -0.1) is 11.3 Å². The lowest BCUT2D eigenvalue weighted by Crippen LogP contribution is -2.19. The van der Waals surface area contributed by atoms with E-state index in [1.54, 1.807) is 6.92 Å². The maximum absolute atomic E-state index is 12.1. The minimum Gasteiger partial charge on any atom is -0.326 e. The van der Waals surface area contributed by atoms with Gasteiger partial charge in [-0.3, -0.25) is 4.79 Å². The van der Waals surface area contributed by atoms with Crippen LogP contribution in [0.1, 0.15) is 18.7 Å². The van der Waals surface area contributed by atoms with E-state index in [1.807, 2.05) is 17.5 Å².